The first-order valence-electron chi connectivity index (χ1n) is 9.77. The SMILES string of the molecule is CCCN(c1ccc(B2OCC(C)(C)CO2)cc1[N+](=O)[O-])C1CCSCC1. The van der Waals surface area contributed by atoms with Gasteiger partial charge in [-0.2, -0.15) is 11.8 Å². The van der Waals surface area contributed by atoms with Crippen molar-refractivity contribution in [2.75, 3.05) is 36.2 Å². The Morgan fingerprint density at radius 1 is 1.30 bits per heavy atom. The molecule has 3 rings (SSSR count). The largest absolute Gasteiger partial charge is 0.494 e. The van der Waals surface area contributed by atoms with Crippen molar-refractivity contribution in [2.45, 2.75) is 46.1 Å². The van der Waals surface area contributed by atoms with Crippen LogP contribution in [-0.4, -0.2) is 49.3 Å². The molecule has 2 aliphatic rings. The maximum atomic E-state index is 11.8. The van der Waals surface area contributed by atoms with Gasteiger partial charge in [-0.1, -0.05) is 26.8 Å². The number of nitro groups is 1. The molecule has 2 fully saturated rings. The summed E-state index contributed by atoms with van der Waals surface area (Å²) in [6, 6.07) is 5.82. The number of thioether (sulfide) groups is 1. The fourth-order valence-corrected chi connectivity index (χ4v) is 4.78. The van der Waals surface area contributed by atoms with Gasteiger partial charge in [0.05, 0.1) is 4.92 Å². The van der Waals surface area contributed by atoms with Gasteiger partial charge in [0.2, 0.25) is 0 Å². The van der Waals surface area contributed by atoms with E-state index in [1.165, 1.54) is 0 Å². The number of hydrogen-bond donors (Lipinski definition) is 0. The van der Waals surface area contributed by atoms with Crippen molar-refractivity contribution >= 4 is 35.7 Å². The van der Waals surface area contributed by atoms with Crippen molar-refractivity contribution in [3.8, 4) is 0 Å². The molecule has 0 aromatic heterocycles. The van der Waals surface area contributed by atoms with Gasteiger partial charge in [0.1, 0.15) is 5.69 Å². The Kier molecular flexibility index (Phi) is 6.71. The summed E-state index contributed by atoms with van der Waals surface area (Å²) in [5, 5.41) is 11.8. The fourth-order valence-electron chi connectivity index (χ4n) is 3.70. The molecule has 2 saturated heterocycles. The minimum absolute atomic E-state index is 0.0285. The molecule has 2 aliphatic heterocycles. The summed E-state index contributed by atoms with van der Waals surface area (Å²) < 4.78 is 11.6. The first-order chi connectivity index (χ1) is 12.9. The molecule has 8 heteroatoms. The maximum Gasteiger partial charge on any atom is 0.494 e. The van der Waals surface area contributed by atoms with Gasteiger partial charge in [-0.15, -0.1) is 0 Å². The van der Waals surface area contributed by atoms with Crippen LogP contribution < -0.4 is 10.4 Å². The second kappa shape index (κ2) is 8.84. The Morgan fingerprint density at radius 3 is 2.56 bits per heavy atom. The highest BCUT2D eigenvalue weighted by atomic mass is 32.2. The van der Waals surface area contributed by atoms with Gasteiger partial charge in [-0.05, 0) is 42.3 Å². The lowest BCUT2D eigenvalue weighted by Gasteiger charge is -2.36. The van der Waals surface area contributed by atoms with Crippen molar-refractivity contribution in [1.29, 1.82) is 0 Å². The minimum atomic E-state index is -0.531. The predicted molar refractivity (Wildman–Crippen MR) is 112 cm³/mol. The molecular weight excluding hydrogens is 363 g/mol. The lowest BCUT2D eigenvalue weighted by Crippen LogP contribution is -2.47. The molecule has 1 aromatic carbocycles. The quantitative estimate of drug-likeness (QED) is 0.420. The molecule has 1 aromatic rings. The minimum Gasteiger partial charge on any atom is -0.407 e. The molecule has 0 aliphatic carbocycles. The molecule has 0 atom stereocenters. The molecule has 2 heterocycles. The first-order valence-corrected chi connectivity index (χ1v) is 10.9. The van der Waals surface area contributed by atoms with E-state index in [9.17, 15) is 10.1 Å². The molecule has 6 nitrogen and oxygen atoms in total. The molecule has 0 spiro atoms. The van der Waals surface area contributed by atoms with E-state index in [-0.39, 0.29) is 16.0 Å². The smallest absolute Gasteiger partial charge is 0.407 e. The molecule has 0 unspecified atom stereocenters. The van der Waals surface area contributed by atoms with Crippen molar-refractivity contribution in [3.05, 3.63) is 28.3 Å². The van der Waals surface area contributed by atoms with Crippen LogP contribution in [0, 0.1) is 15.5 Å². The molecule has 0 saturated carbocycles. The molecule has 0 amide bonds. The van der Waals surface area contributed by atoms with Crippen LogP contribution in [0.15, 0.2) is 18.2 Å². The normalized spacial score (nSPS) is 20.5. The lowest BCUT2D eigenvalue weighted by atomic mass is 9.75. The Bertz CT molecular complexity index is 657. The summed E-state index contributed by atoms with van der Waals surface area (Å²) in [5.41, 5.74) is 1.56. The molecular formula is C19H29BN2O4S. The number of nitro benzene ring substituents is 1. The molecule has 148 valence electrons. The zero-order chi connectivity index (χ0) is 19.4. The van der Waals surface area contributed by atoms with Crippen molar-refractivity contribution < 1.29 is 14.2 Å². The summed E-state index contributed by atoms with van der Waals surface area (Å²) in [6.07, 6.45) is 3.12. The van der Waals surface area contributed by atoms with Crippen LogP contribution in [0.5, 0.6) is 0 Å². The van der Waals surface area contributed by atoms with Crippen LogP contribution in [0.4, 0.5) is 11.4 Å². The zero-order valence-electron chi connectivity index (χ0n) is 16.5. The number of hydrogen-bond acceptors (Lipinski definition) is 6. The standard InChI is InChI=1S/C19H29BN2O4S/c1-4-9-21(16-7-10-27-11-8-16)17-6-5-15(12-18(17)22(23)24)20-25-13-19(2,3)14-26-20/h5-6,12,16H,4,7-11,13-14H2,1-3H3. The summed E-state index contributed by atoms with van der Waals surface area (Å²) in [5.74, 6) is 2.24. The number of nitrogens with zero attached hydrogens (tertiary/aromatic N) is 2. The molecule has 0 N–H and O–H groups in total. The maximum absolute atomic E-state index is 11.8. The third-order valence-corrected chi connectivity index (χ3v) is 6.17. The highest BCUT2D eigenvalue weighted by molar-refractivity contribution is 7.99. The lowest BCUT2D eigenvalue weighted by molar-refractivity contribution is -0.384. The van der Waals surface area contributed by atoms with Crippen LogP contribution in [-0.2, 0) is 9.31 Å². The summed E-state index contributed by atoms with van der Waals surface area (Å²) in [4.78, 5) is 13.8. The van der Waals surface area contributed by atoms with Gasteiger partial charge in [0, 0.05) is 37.3 Å². The number of benzene rings is 1. The van der Waals surface area contributed by atoms with E-state index in [1.807, 2.05) is 23.9 Å². The van der Waals surface area contributed by atoms with Crippen LogP contribution in [0.1, 0.15) is 40.0 Å². The highest BCUT2D eigenvalue weighted by Crippen LogP contribution is 2.33. The van der Waals surface area contributed by atoms with Crippen molar-refractivity contribution in [3.63, 3.8) is 0 Å². The highest BCUT2D eigenvalue weighted by Gasteiger charge is 2.35. The average Bonchev–Trinajstić information content (AvgIpc) is 2.66. The van der Waals surface area contributed by atoms with Gasteiger partial charge < -0.3 is 14.2 Å². The average molecular weight is 392 g/mol. The van der Waals surface area contributed by atoms with E-state index >= 15 is 0 Å². The van der Waals surface area contributed by atoms with E-state index in [1.54, 1.807) is 6.07 Å². The zero-order valence-corrected chi connectivity index (χ0v) is 17.3. The van der Waals surface area contributed by atoms with Crippen LogP contribution in [0.2, 0.25) is 0 Å². The Labute approximate surface area is 166 Å². The van der Waals surface area contributed by atoms with Gasteiger partial charge >= 0.3 is 7.12 Å². The van der Waals surface area contributed by atoms with Crippen LogP contribution >= 0.6 is 11.8 Å². The van der Waals surface area contributed by atoms with Crippen LogP contribution in [0.3, 0.4) is 0 Å². The van der Waals surface area contributed by atoms with E-state index in [4.69, 9.17) is 9.31 Å². The predicted octanol–water partition coefficient (Wildman–Crippen LogP) is 3.48. The number of rotatable bonds is 6. The summed E-state index contributed by atoms with van der Waals surface area (Å²) in [7, 11) is -0.531. The Hall–Kier alpha value is -1.25. The van der Waals surface area contributed by atoms with Crippen LogP contribution in [0.25, 0.3) is 0 Å². The molecule has 27 heavy (non-hydrogen) atoms. The summed E-state index contributed by atoms with van der Waals surface area (Å²) >= 11 is 1.97. The van der Waals surface area contributed by atoms with Crippen molar-refractivity contribution in [2.24, 2.45) is 5.41 Å². The first kappa shape index (κ1) is 20.5. The Morgan fingerprint density at radius 2 is 1.96 bits per heavy atom. The molecule has 0 radical (unpaired) electrons. The van der Waals surface area contributed by atoms with E-state index < -0.39 is 7.12 Å². The second-order valence-corrected chi connectivity index (χ2v) is 9.39. The number of anilines is 1. The van der Waals surface area contributed by atoms with E-state index in [0.29, 0.717) is 19.3 Å². The monoisotopic (exact) mass is 392 g/mol. The topological polar surface area (TPSA) is 64.8 Å². The third kappa shape index (κ3) is 4.98. The van der Waals surface area contributed by atoms with E-state index in [2.05, 4.69) is 25.7 Å². The van der Waals surface area contributed by atoms with Crippen molar-refractivity contribution in [1.82, 2.24) is 0 Å². The fraction of sp³-hybridized carbons (Fsp3) is 0.684. The van der Waals surface area contributed by atoms with Gasteiger partial charge in [-0.25, -0.2) is 0 Å². The Balaban J connectivity index is 1.87. The van der Waals surface area contributed by atoms with Gasteiger partial charge in [0.15, 0.2) is 0 Å². The second-order valence-electron chi connectivity index (χ2n) is 8.16. The molecule has 0 bridgehead atoms. The van der Waals surface area contributed by atoms with E-state index in [0.717, 1.165) is 48.5 Å². The van der Waals surface area contributed by atoms with Gasteiger partial charge in [-0.3, -0.25) is 10.1 Å². The summed E-state index contributed by atoms with van der Waals surface area (Å²) in [6.45, 7) is 8.28. The van der Waals surface area contributed by atoms with Gasteiger partial charge in [0.25, 0.3) is 5.69 Å². The third-order valence-electron chi connectivity index (χ3n) is 5.12.